The zero-order valence-corrected chi connectivity index (χ0v) is 14.2. The van der Waals surface area contributed by atoms with E-state index in [-0.39, 0.29) is 5.91 Å². The predicted molar refractivity (Wildman–Crippen MR) is 94.5 cm³/mol. The molecule has 0 aliphatic heterocycles. The van der Waals surface area contributed by atoms with E-state index in [9.17, 15) is 4.79 Å². The van der Waals surface area contributed by atoms with Crippen LogP contribution in [-0.2, 0) is 11.2 Å². The molecule has 0 saturated heterocycles. The summed E-state index contributed by atoms with van der Waals surface area (Å²) < 4.78 is 1.10. The fourth-order valence-corrected chi connectivity index (χ4v) is 2.48. The molecule has 1 amide bonds. The van der Waals surface area contributed by atoms with Gasteiger partial charge in [0.2, 0.25) is 5.91 Å². The van der Waals surface area contributed by atoms with Crippen molar-refractivity contribution < 1.29 is 4.79 Å². The maximum atomic E-state index is 11.9. The molecule has 0 aliphatic carbocycles. The minimum Gasteiger partial charge on any atom is -0.273 e. The summed E-state index contributed by atoms with van der Waals surface area (Å²) in [6, 6.07) is 14.0. The highest BCUT2D eigenvalue weighted by atomic mass is 127. The van der Waals surface area contributed by atoms with Crippen LogP contribution in [0.15, 0.2) is 47.6 Å². The largest absolute Gasteiger partial charge is 0.273 e. The summed E-state index contributed by atoms with van der Waals surface area (Å²) in [5.74, 6) is -0.106. The monoisotopic (exact) mass is 392 g/mol. The van der Waals surface area contributed by atoms with E-state index in [1.165, 1.54) is 0 Å². The summed E-state index contributed by atoms with van der Waals surface area (Å²) in [5, 5.41) is 4.02. The molecule has 0 spiro atoms. The number of amides is 1. The van der Waals surface area contributed by atoms with Gasteiger partial charge >= 0.3 is 0 Å². The first kappa shape index (κ1) is 15.7. The molecular weight excluding hydrogens is 375 g/mol. The van der Waals surface area contributed by atoms with Crippen molar-refractivity contribution in [1.29, 1.82) is 0 Å². The Morgan fingerprint density at radius 1 is 1.24 bits per heavy atom. The lowest BCUT2D eigenvalue weighted by atomic mass is 10.0. The molecule has 21 heavy (non-hydrogen) atoms. The molecule has 1 N–H and O–H groups in total. The number of nitrogens with one attached hydrogen (secondary N) is 1. The van der Waals surface area contributed by atoms with Gasteiger partial charge in [0.05, 0.1) is 12.6 Å². The number of hydrogen-bond donors (Lipinski definition) is 1. The number of carbonyl (C=O) groups excluding carboxylic acids is 1. The van der Waals surface area contributed by atoms with Crippen molar-refractivity contribution in [3.8, 4) is 0 Å². The molecule has 2 aromatic carbocycles. The number of benzene rings is 2. The van der Waals surface area contributed by atoms with Gasteiger partial charge in [-0.15, -0.1) is 0 Å². The highest BCUT2D eigenvalue weighted by Crippen LogP contribution is 2.11. The number of hydrazone groups is 1. The average molecular weight is 392 g/mol. The second kappa shape index (κ2) is 7.36. The third-order valence-electron chi connectivity index (χ3n) is 3.15. The van der Waals surface area contributed by atoms with Gasteiger partial charge in [0.1, 0.15) is 0 Å². The lowest BCUT2D eigenvalue weighted by molar-refractivity contribution is -0.120. The molecule has 0 radical (unpaired) electrons. The molecule has 0 fully saturated rings. The Morgan fingerprint density at radius 3 is 2.76 bits per heavy atom. The first-order chi connectivity index (χ1) is 10.1. The van der Waals surface area contributed by atoms with E-state index >= 15 is 0 Å². The molecule has 0 unspecified atom stereocenters. The zero-order chi connectivity index (χ0) is 15.2. The molecule has 0 atom stereocenters. The summed E-state index contributed by atoms with van der Waals surface area (Å²) in [6.45, 7) is 4.04. The number of hydrogen-bond acceptors (Lipinski definition) is 2. The van der Waals surface area contributed by atoms with Crippen molar-refractivity contribution in [3.63, 3.8) is 0 Å². The standard InChI is InChI=1S/C17H17IN2O/c1-12-7-8-13(2)15(9-12)10-17(21)20-19-11-14-5-3-4-6-16(14)18/h3-9,11H,10H2,1-2H3,(H,20,21)/b19-11+. The Balaban J connectivity index is 1.96. The van der Waals surface area contributed by atoms with E-state index in [2.05, 4.69) is 33.1 Å². The van der Waals surface area contributed by atoms with Crippen LogP contribution < -0.4 is 5.43 Å². The maximum Gasteiger partial charge on any atom is 0.244 e. The van der Waals surface area contributed by atoms with Crippen LogP contribution in [0.5, 0.6) is 0 Å². The van der Waals surface area contributed by atoms with Crippen molar-refractivity contribution in [2.75, 3.05) is 0 Å². The van der Waals surface area contributed by atoms with Crippen LogP contribution in [0.1, 0.15) is 22.3 Å². The SMILES string of the molecule is Cc1ccc(C)c(CC(=O)N/N=C/c2ccccc2I)c1. The molecule has 0 saturated carbocycles. The Kier molecular flexibility index (Phi) is 5.50. The summed E-state index contributed by atoms with van der Waals surface area (Å²) in [7, 11) is 0. The Morgan fingerprint density at radius 2 is 2.00 bits per heavy atom. The molecule has 2 rings (SSSR count). The van der Waals surface area contributed by atoms with E-state index in [0.717, 1.165) is 25.8 Å². The van der Waals surface area contributed by atoms with Crippen molar-refractivity contribution in [2.45, 2.75) is 20.3 Å². The number of aryl methyl sites for hydroxylation is 2. The van der Waals surface area contributed by atoms with Gasteiger partial charge in [-0.05, 0) is 53.6 Å². The third-order valence-corrected chi connectivity index (χ3v) is 4.14. The highest BCUT2D eigenvalue weighted by molar-refractivity contribution is 14.1. The Bertz CT molecular complexity index is 680. The van der Waals surface area contributed by atoms with E-state index in [0.29, 0.717) is 6.42 Å². The highest BCUT2D eigenvalue weighted by Gasteiger charge is 2.05. The van der Waals surface area contributed by atoms with Gasteiger partial charge in [-0.2, -0.15) is 5.10 Å². The summed E-state index contributed by atoms with van der Waals surface area (Å²) in [5.41, 5.74) is 6.89. The predicted octanol–water partition coefficient (Wildman–Crippen LogP) is 3.60. The first-order valence-corrected chi connectivity index (χ1v) is 7.76. The topological polar surface area (TPSA) is 41.5 Å². The summed E-state index contributed by atoms with van der Waals surface area (Å²) >= 11 is 2.24. The van der Waals surface area contributed by atoms with Gasteiger partial charge in [-0.1, -0.05) is 42.0 Å². The van der Waals surface area contributed by atoms with Crippen LogP contribution in [0, 0.1) is 17.4 Å². The van der Waals surface area contributed by atoms with Crippen LogP contribution in [0.2, 0.25) is 0 Å². The minimum atomic E-state index is -0.106. The van der Waals surface area contributed by atoms with Crippen LogP contribution in [0.4, 0.5) is 0 Å². The normalized spacial score (nSPS) is 10.8. The third kappa shape index (κ3) is 4.67. The maximum absolute atomic E-state index is 11.9. The molecule has 3 nitrogen and oxygen atoms in total. The molecule has 0 bridgehead atoms. The van der Waals surface area contributed by atoms with E-state index in [1.807, 2.05) is 56.3 Å². The second-order valence-corrected chi connectivity index (χ2v) is 6.08. The van der Waals surface area contributed by atoms with E-state index < -0.39 is 0 Å². The summed E-state index contributed by atoms with van der Waals surface area (Å²) in [4.78, 5) is 11.9. The molecule has 0 aromatic heterocycles. The minimum absolute atomic E-state index is 0.106. The first-order valence-electron chi connectivity index (χ1n) is 6.69. The second-order valence-electron chi connectivity index (χ2n) is 4.92. The van der Waals surface area contributed by atoms with Crippen LogP contribution in [-0.4, -0.2) is 12.1 Å². The summed E-state index contributed by atoms with van der Waals surface area (Å²) in [6.07, 6.45) is 2.01. The van der Waals surface area contributed by atoms with Crippen molar-refractivity contribution in [2.24, 2.45) is 5.10 Å². The van der Waals surface area contributed by atoms with Gasteiger partial charge in [0.15, 0.2) is 0 Å². The van der Waals surface area contributed by atoms with Gasteiger partial charge in [-0.25, -0.2) is 5.43 Å². The van der Waals surface area contributed by atoms with E-state index in [4.69, 9.17) is 0 Å². The number of carbonyl (C=O) groups is 1. The van der Waals surface area contributed by atoms with Gasteiger partial charge in [-0.3, -0.25) is 4.79 Å². The van der Waals surface area contributed by atoms with Crippen LogP contribution >= 0.6 is 22.6 Å². The number of rotatable bonds is 4. The molecular formula is C17H17IN2O. The van der Waals surface area contributed by atoms with Crippen molar-refractivity contribution in [1.82, 2.24) is 5.43 Å². The smallest absolute Gasteiger partial charge is 0.244 e. The molecule has 0 aliphatic rings. The lowest BCUT2D eigenvalue weighted by Crippen LogP contribution is -2.20. The average Bonchev–Trinajstić information content (AvgIpc) is 2.45. The quantitative estimate of drug-likeness (QED) is 0.482. The van der Waals surface area contributed by atoms with Gasteiger partial charge in [0.25, 0.3) is 0 Å². The van der Waals surface area contributed by atoms with Crippen molar-refractivity contribution in [3.05, 3.63) is 68.3 Å². The van der Waals surface area contributed by atoms with Gasteiger partial charge < -0.3 is 0 Å². The fourth-order valence-electron chi connectivity index (χ4n) is 1.96. The van der Waals surface area contributed by atoms with Crippen LogP contribution in [0.25, 0.3) is 0 Å². The molecule has 4 heteroatoms. The lowest BCUT2D eigenvalue weighted by Gasteiger charge is -2.06. The number of nitrogens with zero attached hydrogens (tertiary/aromatic N) is 1. The zero-order valence-electron chi connectivity index (χ0n) is 12.1. The Hall–Kier alpha value is -1.69. The van der Waals surface area contributed by atoms with Crippen molar-refractivity contribution >= 4 is 34.7 Å². The molecule has 0 heterocycles. The fraction of sp³-hybridized carbons (Fsp3) is 0.176. The molecule has 2 aromatic rings. The Labute approximate surface area is 138 Å². The molecule has 108 valence electrons. The van der Waals surface area contributed by atoms with E-state index in [1.54, 1.807) is 6.21 Å². The van der Waals surface area contributed by atoms with Crippen LogP contribution in [0.3, 0.4) is 0 Å². The van der Waals surface area contributed by atoms with Gasteiger partial charge in [0, 0.05) is 9.13 Å². The number of halogens is 1.